The fraction of sp³-hybridized carbons (Fsp3) is 0.444. The van der Waals surface area contributed by atoms with Crippen LogP contribution in [0.1, 0.15) is 60.0 Å². The number of carbonyl (C=O) groups excluding carboxylic acids is 3. The number of benzene rings is 2. The Kier molecular flexibility index (Phi) is 10.2. The van der Waals surface area contributed by atoms with E-state index in [1.165, 1.54) is 24.8 Å². The van der Waals surface area contributed by atoms with E-state index in [2.05, 4.69) is 48.3 Å². The molecule has 1 atom stereocenters. The second-order valence-corrected chi connectivity index (χ2v) is 9.79. The van der Waals surface area contributed by atoms with Crippen LogP contribution in [0.5, 0.6) is 0 Å². The number of hydrogen-bond acceptors (Lipinski definition) is 5. The van der Waals surface area contributed by atoms with Crippen LogP contribution in [0.25, 0.3) is 0 Å². The molecule has 0 bridgehead atoms. The summed E-state index contributed by atoms with van der Waals surface area (Å²) in [5.41, 5.74) is 3.07. The van der Waals surface area contributed by atoms with Gasteiger partial charge in [0, 0.05) is 30.0 Å². The van der Waals surface area contributed by atoms with Gasteiger partial charge in [-0.2, -0.15) is 0 Å². The number of unbranched alkanes of at least 4 members (excludes halogenated alkanes) is 3. The number of rotatable bonds is 15. The normalized spacial score (nSPS) is 13.9. The first-order valence-corrected chi connectivity index (χ1v) is 12.8. The number of nitrogens with zero attached hydrogens (tertiary/aromatic N) is 2. The molecule has 1 aliphatic heterocycles. The summed E-state index contributed by atoms with van der Waals surface area (Å²) in [5, 5.41) is 0. The summed E-state index contributed by atoms with van der Waals surface area (Å²) in [7, 11) is 2.18. The lowest BCUT2D eigenvalue weighted by atomic mass is 10.1. The van der Waals surface area contributed by atoms with Crippen LogP contribution in [0.15, 0.2) is 53.4 Å². The molecule has 0 spiro atoms. The Morgan fingerprint density at radius 2 is 1.82 bits per heavy atom. The van der Waals surface area contributed by atoms with E-state index < -0.39 is 6.04 Å². The van der Waals surface area contributed by atoms with Crippen molar-refractivity contribution in [2.75, 3.05) is 19.3 Å². The van der Waals surface area contributed by atoms with Crippen molar-refractivity contribution in [2.24, 2.45) is 0 Å². The molecule has 0 N–H and O–H groups in total. The summed E-state index contributed by atoms with van der Waals surface area (Å²) in [6.07, 6.45) is 7.02. The van der Waals surface area contributed by atoms with Gasteiger partial charge in [-0.3, -0.25) is 4.79 Å². The third kappa shape index (κ3) is 7.27. The minimum atomic E-state index is -0.534. The van der Waals surface area contributed by atoms with Crippen LogP contribution in [-0.4, -0.2) is 53.7 Å². The van der Waals surface area contributed by atoms with Gasteiger partial charge in [-0.25, -0.2) is 0 Å². The largest absolute Gasteiger partial charge is 0.324 e. The molecular formula is C27H34N2O3S. The van der Waals surface area contributed by atoms with Crippen molar-refractivity contribution in [3.05, 3.63) is 65.2 Å². The van der Waals surface area contributed by atoms with Gasteiger partial charge in [0.15, 0.2) is 0 Å². The Morgan fingerprint density at radius 1 is 1.03 bits per heavy atom. The molecule has 2 aromatic carbocycles. The summed E-state index contributed by atoms with van der Waals surface area (Å²) in [6.45, 7) is 2.55. The highest BCUT2D eigenvalue weighted by molar-refractivity contribution is 7.99. The van der Waals surface area contributed by atoms with Gasteiger partial charge in [0.05, 0.1) is 6.04 Å². The van der Waals surface area contributed by atoms with Gasteiger partial charge in [0.2, 0.25) is 0 Å². The number of carbonyl (C=O) groups is 3. The van der Waals surface area contributed by atoms with Crippen LogP contribution < -0.4 is 0 Å². The first-order valence-electron chi connectivity index (χ1n) is 11.8. The van der Waals surface area contributed by atoms with Gasteiger partial charge in [0.25, 0.3) is 5.91 Å². The Balaban J connectivity index is 1.39. The lowest BCUT2D eigenvalue weighted by Crippen LogP contribution is -2.36. The first-order chi connectivity index (χ1) is 16.1. The van der Waals surface area contributed by atoms with E-state index in [0.717, 1.165) is 48.3 Å². The minimum absolute atomic E-state index is 0.102. The molecule has 0 fully saturated rings. The van der Waals surface area contributed by atoms with Crippen molar-refractivity contribution in [1.82, 2.24) is 9.80 Å². The molecule has 1 heterocycles. The molecule has 0 aliphatic carbocycles. The van der Waals surface area contributed by atoms with E-state index in [-0.39, 0.29) is 12.3 Å². The lowest BCUT2D eigenvalue weighted by molar-refractivity contribution is -0.112. The molecule has 0 aromatic heterocycles. The number of aldehydes is 2. The van der Waals surface area contributed by atoms with E-state index in [4.69, 9.17) is 0 Å². The second-order valence-electron chi connectivity index (χ2n) is 8.65. The molecule has 2 aromatic rings. The van der Waals surface area contributed by atoms with Crippen molar-refractivity contribution >= 4 is 30.2 Å². The summed E-state index contributed by atoms with van der Waals surface area (Å²) in [6, 6.07) is 15.9. The molecule has 0 radical (unpaired) electrons. The quantitative estimate of drug-likeness (QED) is 0.211. The molecule has 0 saturated heterocycles. The zero-order chi connectivity index (χ0) is 23.5. The molecule has 1 unspecified atom stereocenters. The number of amides is 1. The van der Waals surface area contributed by atoms with Crippen molar-refractivity contribution in [1.29, 1.82) is 0 Å². The highest BCUT2D eigenvalue weighted by atomic mass is 32.2. The van der Waals surface area contributed by atoms with Gasteiger partial charge in [-0.1, -0.05) is 49.2 Å². The third-order valence-corrected chi connectivity index (χ3v) is 7.26. The number of fused-ring (bicyclic) bond motifs is 1. The zero-order valence-electron chi connectivity index (χ0n) is 19.4. The monoisotopic (exact) mass is 466 g/mol. The lowest BCUT2D eigenvalue weighted by Gasteiger charge is -2.22. The molecule has 5 nitrogen and oxygen atoms in total. The van der Waals surface area contributed by atoms with Crippen molar-refractivity contribution in [3.63, 3.8) is 0 Å². The SMILES string of the molecule is CN(CCCCCCSc1cccc2c1CN(C(C=O)CCC=O)C2=O)Cc1ccccc1. The van der Waals surface area contributed by atoms with Gasteiger partial charge in [-0.15, -0.1) is 11.8 Å². The molecule has 33 heavy (non-hydrogen) atoms. The van der Waals surface area contributed by atoms with E-state index >= 15 is 0 Å². The molecule has 1 amide bonds. The van der Waals surface area contributed by atoms with Crippen molar-refractivity contribution in [3.8, 4) is 0 Å². The Hall–Kier alpha value is -2.44. The van der Waals surface area contributed by atoms with Crippen molar-refractivity contribution < 1.29 is 14.4 Å². The molecule has 3 rings (SSSR count). The summed E-state index contributed by atoms with van der Waals surface area (Å²) < 4.78 is 0. The standard InChI is InChI=1S/C27H34N2O3S/c1-28(19-22-11-5-4-6-12-22)16-7-2-3-8-18-33-26-15-9-14-24-25(26)20-29(27(24)32)23(21-31)13-10-17-30/h4-6,9,11-12,14-15,17,21,23H,2-3,7-8,10,13,16,18-20H2,1H3. The predicted octanol–water partition coefficient (Wildman–Crippen LogP) is 4.97. The van der Waals surface area contributed by atoms with E-state index in [9.17, 15) is 14.4 Å². The van der Waals surface area contributed by atoms with E-state index in [1.807, 2.05) is 12.1 Å². The average Bonchev–Trinajstić information content (AvgIpc) is 3.17. The fourth-order valence-corrected chi connectivity index (χ4v) is 5.35. The molecular weight excluding hydrogens is 432 g/mol. The van der Waals surface area contributed by atoms with Crippen LogP contribution in [0.4, 0.5) is 0 Å². The summed E-state index contributed by atoms with van der Waals surface area (Å²) in [4.78, 5) is 40.1. The maximum absolute atomic E-state index is 12.8. The number of hydrogen-bond donors (Lipinski definition) is 0. The van der Waals surface area contributed by atoms with Crippen molar-refractivity contribution in [2.45, 2.75) is 62.6 Å². The Labute approximate surface area is 201 Å². The molecule has 0 saturated carbocycles. The van der Waals surface area contributed by atoms with Gasteiger partial charge >= 0.3 is 0 Å². The van der Waals surface area contributed by atoms with Gasteiger partial charge < -0.3 is 19.4 Å². The van der Waals surface area contributed by atoms with Crippen LogP contribution >= 0.6 is 11.8 Å². The predicted molar refractivity (Wildman–Crippen MR) is 133 cm³/mol. The highest BCUT2D eigenvalue weighted by Crippen LogP contribution is 2.34. The maximum atomic E-state index is 12.8. The minimum Gasteiger partial charge on any atom is -0.324 e. The van der Waals surface area contributed by atoms with Crippen LogP contribution in [0.3, 0.4) is 0 Å². The van der Waals surface area contributed by atoms with E-state index in [1.54, 1.807) is 16.7 Å². The molecule has 176 valence electrons. The van der Waals surface area contributed by atoms with Crippen LogP contribution in [0.2, 0.25) is 0 Å². The number of thioether (sulfide) groups is 1. The average molecular weight is 467 g/mol. The summed E-state index contributed by atoms with van der Waals surface area (Å²) in [5.74, 6) is 0.919. The fourth-order valence-electron chi connectivity index (χ4n) is 4.26. The second kappa shape index (κ2) is 13.3. The third-order valence-electron chi connectivity index (χ3n) is 6.08. The van der Waals surface area contributed by atoms with Crippen LogP contribution in [0, 0.1) is 0 Å². The zero-order valence-corrected chi connectivity index (χ0v) is 20.3. The van der Waals surface area contributed by atoms with E-state index in [0.29, 0.717) is 18.5 Å². The molecule has 1 aliphatic rings. The summed E-state index contributed by atoms with van der Waals surface area (Å²) >= 11 is 1.80. The smallest absolute Gasteiger partial charge is 0.255 e. The Bertz CT molecular complexity index is 919. The maximum Gasteiger partial charge on any atom is 0.255 e. The Morgan fingerprint density at radius 3 is 2.58 bits per heavy atom. The van der Waals surface area contributed by atoms with Crippen LogP contribution in [-0.2, 0) is 22.7 Å². The first kappa shape index (κ1) is 25.2. The highest BCUT2D eigenvalue weighted by Gasteiger charge is 2.33. The molecule has 6 heteroatoms. The van der Waals surface area contributed by atoms with Gasteiger partial charge in [-0.05, 0) is 61.9 Å². The topological polar surface area (TPSA) is 57.7 Å². The van der Waals surface area contributed by atoms with Gasteiger partial charge in [0.1, 0.15) is 12.6 Å².